The highest BCUT2D eigenvalue weighted by atomic mass is 16.2. The van der Waals surface area contributed by atoms with Crippen LogP contribution in [0.1, 0.15) is 24.0 Å². The van der Waals surface area contributed by atoms with E-state index in [9.17, 15) is 14.4 Å². The monoisotopic (exact) mass is 332 g/mol. The number of amides is 4. The fourth-order valence-electron chi connectivity index (χ4n) is 2.94. The maximum Gasteiger partial charge on any atom is 0.325 e. The van der Waals surface area contributed by atoms with Crippen molar-refractivity contribution in [3.05, 3.63) is 29.3 Å². The SMILES string of the molecule is CNC(=O)C1CCCN1CC(=O)NC(=O)Nc1ccc(C)cc1C. The van der Waals surface area contributed by atoms with Crippen molar-refractivity contribution < 1.29 is 14.4 Å². The van der Waals surface area contributed by atoms with Crippen LogP contribution in [0.25, 0.3) is 0 Å². The zero-order valence-electron chi connectivity index (χ0n) is 14.3. The number of likely N-dealkylation sites (tertiary alicyclic amines) is 1. The lowest BCUT2D eigenvalue weighted by Gasteiger charge is -2.22. The van der Waals surface area contributed by atoms with Gasteiger partial charge in [-0.05, 0) is 44.9 Å². The highest BCUT2D eigenvalue weighted by Crippen LogP contribution is 2.17. The van der Waals surface area contributed by atoms with E-state index in [-0.39, 0.29) is 18.5 Å². The Morgan fingerprint density at radius 1 is 1.25 bits per heavy atom. The maximum absolute atomic E-state index is 12.0. The molecule has 1 aromatic rings. The predicted molar refractivity (Wildman–Crippen MR) is 91.7 cm³/mol. The van der Waals surface area contributed by atoms with Gasteiger partial charge >= 0.3 is 6.03 Å². The fourth-order valence-corrected chi connectivity index (χ4v) is 2.94. The lowest BCUT2D eigenvalue weighted by Crippen LogP contribution is -2.47. The second kappa shape index (κ2) is 7.92. The molecule has 3 N–H and O–H groups in total. The van der Waals surface area contributed by atoms with E-state index in [0.29, 0.717) is 12.2 Å². The number of hydrogen-bond acceptors (Lipinski definition) is 4. The molecule has 1 saturated heterocycles. The van der Waals surface area contributed by atoms with Gasteiger partial charge in [0.25, 0.3) is 0 Å². The number of rotatable bonds is 4. The molecule has 0 saturated carbocycles. The molecule has 0 bridgehead atoms. The van der Waals surface area contributed by atoms with Crippen molar-refractivity contribution in [2.24, 2.45) is 0 Å². The normalized spacial score (nSPS) is 17.4. The number of carbonyl (C=O) groups is 3. The third-order valence-corrected chi connectivity index (χ3v) is 4.14. The predicted octanol–water partition coefficient (Wildman–Crippen LogP) is 1.16. The van der Waals surface area contributed by atoms with E-state index in [1.165, 1.54) is 0 Å². The van der Waals surface area contributed by atoms with Crippen LogP contribution in [0, 0.1) is 13.8 Å². The van der Waals surface area contributed by atoms with Crippen molar-refractivity contribution in [1.82, 2.24) is 15.5 Å². The van der Waals surface area contributed by atoms with Crippen LogP contribution in [0.15, 0.2) is 18.2 Å². The summed E-state index contributed by atoms with van der Waals surface area (Å²) >= 11 is 0. The lowest BCUT2D eigenvalue weighted by atomic mass is 10.1. The molecule has 7 nitrogen and oxygen atoms in total. The highest BCUT2D eigenvalue weighted by Gasteiger charge is 2.31. The summed E-state index contributed by atoms with van der Waals surface area (Å²) in [6.45, 7) is 4.56. The van der Waals surface area contributed by atoms with Gasteiger partial charge in [0.1, 0.15) is 0 Å². The Kier molecular flexibility index (Phi) is 5.92. The summed E-state index contributed by atoms with van der Waals surface area (Å²) in [5.41, 5.74) is 2.69. The Labute approximate surface area is 141 Å². The fraction of sp³-hybridized carbons (Fsp3) is 0.471. The van der Waals surface area contributed by atoms with E-state index >= 15 is 0 Å². The smallest absolute Gasteiger partial charge is 0.325 e. The Morgan fingerprint density at radius 3 is 2.67 bits per heavy atom. The molecule has 1 fully saturated rings. The minimum atomic E-state index is -0.567. The van der Waals surface area contributed by atoms with Gasteiger partial charge in [-0.3, -0.25) is 19.8 Å². The number of benzene rings is 1. The third-order valence-electron chi connectivity index (χ3n) is 4.14. The summed E-state index contributed by atoms with van der Waals surface area (Å²) in [6.07, 6.45) is 1.59. The summed E-state index contributed by atoms with van der Waals surface area (Å²) in [7, 11) is 1.58. The van der Waals surface area contributed by atoms with Gasteiger partial charge in [-0.25, -0.2) is 4.79 Å². The van der Waals surface area contributed by atoms with Crippen molar-refractivity contribution in [3.63, 3.8) is 0 Å². The van der Waals surface area contributed by atoms with E-state index in [0.717, 1.165) is 24.0 Å². The molecule has 1 aliphatic rings. The molecular weight excluding hydrogens is 308 g/mol. The first-order valence-corrected chi connectivity index (χ1v) is 8.04. The minimum Gasteiger partial charge on any atom is -0.358 e. The second-order valence-electron chi connectivity index (χ2n) is 6.06. The number of likely N-dealkylation sites (N-methyl/N-ethyl adjacent to an activating group) is 1. The van der Waals surface area contributed by atoms with Crippen LogP contribution in [0.4, 0.5) is 10.5 Å². The number of imide groups is 1. The van der Waals surface area contributed by atoms with Gasteiger partial charge in [-0.2, -0.15) is 0 Å². The summed E-state index contributed by atoms with van der Waals surface area (Å²) < 4.78 is 0. The molecular formula is C17H24N4O3. The molecule has 1 aromatic carbocycles. The number of nitrogens with one attached hydrogen (secondary N) is 3. The summed E-state index contributed by atoms with van der Waals surface area (Å²) in [5, 5.41) is 7.58. The number of anilines is 1. The molecule has 24 heavy (non-hydrogen) atoms. The summed E-state index contributed by atoms with van der Waals surface area (Å²) in [5.74, 6) is -0.520. The molecule has 1 heterocycles. The van der Waals surface area contributed by atoms with E-state index < -0.39 is 11.9 Å². The Bertz CT molecular complexity index is 645. The molecule has 4 amide bonds. The largest absolute Gasteiger partial charge is 0.358 e. The van der Waals surface area contributed by atoms with Gasteiger partial charge in [-0.15, -0.1) is 0 Å². The van der Waals surface area contributed by atoms with Gasteiger partial charge in [0.05, 0.1) is 12.6 Å². The van der Waals surface area contributed by atoms with Gasteiger partial charge in [-0.1, -0.05) is 17.7 Å². The Balaban J connectivity index is 1.87. The number of aryl methyl sites for hydroxylation is 2. The van der Waals surface area contributed by atoms with Crippen LogP contribution in [-0.2, 0) is 9.59 Å². The highest BCUT2D eigenvalue weighted by molar-refractivity contribution is 6.02. The average Bonchev–Trinajstić information content (AvgIpc) is 2.97. The van der Waals surface area contributed by atoms with Gasteiger partial charge in [0.2, 0.25) is 11.8 Å². The lowest BCUT2D eigenvalue weighted by molar-refractivity contribution is -0.126. The standard InChI is InChI=1S/C17H24N4O3/c1-11-6-7-13(12(2)9-11)19-17(24)20-15(22)10-21-8-4-5-14(21)16(23)18-3/h6-7,9,14H,4-5,8,10H2,1-3H3,(H,18,23)(H2,19,20,22,24). The van der Waals surface area contributed by atoms with Crippen LogP contribution in [0.5, 0.6) is 0 Å². The third kappa shape index (κ3) is 4.55. The van der Waals surface area contributed by atoms with Gasteiger partial charge < -0.3 is 10.6 Å². The van der Waals surface area contributed by atoms with Crippen LogP contribution in [-0.4, -0.2) is 48.9 Å². The first kappa shape index (κ1) is 17.9. The molecule has 1 unspecified atom stereocenters. The molecule has 1 atom stereocenters. The Morgan fingerprint density at radius 2 is 2.00 bits per heavy atom. The van der Waals surface area contributed by atoms with Crippen molar-refractivity contribution >= 4 is 23.5 Å². The topological polar surface area (TPSA) is 90.5 Å². The summed E-state index contributed by atoms with van der Waals surface area (Å²) in [4.78, 5) is 37.6. The quantitative estimate of drug-likeness (QED) is 0.772. The molecule has 7 heteroatoms. The molecule has 0 spiro atoms. The zero-order valence-corrected chi connectivity index (χ0v) is 14.3. The van der Waals surface area contributed by atoms with E-state index in [2.05, 4.69) is 16.0 Å². The van der Waals surface area contributed by atoms with Gasteiger partial charge in [0, 0.05) is 12.7 Å². The van der Waals surface area contributed by atoms with Crippen LogP contribution in [0.2, 0.25) is 0 Å². The molecule has 0 aromatic heterocycles. The van der Waals surface area contributed by atoms with Crippen LogP contribution >= 0.6 is 0 Å². The molecule has 0 radical (unpaired) electrons. The van der Waals surface area contributed by atoms with Crippen molar-refractivity contribution in [2.75, 3.05) is 25.5 Å². The average molecular weight is 332 g/mol. The second-order valence-corrected chi connectivity index (χ2v) is 6.06. The first-order chi connectivity index (χ1) is 11.4. The van der Waals surface area contributed by atoms with Crippen molar-refractivity contribution in [3.8, 4) is 0 Å². The molecule has 2 rings (SSSR count). The van der Waals surface area contributed by atoms with Crippen molar-refractivity contribution in [1.29, 1.82) is 0 Å². The number of hydrogen-bond donors (Lipinski definition) is 3. The number of carbonyl (C=O) groups excluding carboxylic acids is 3. The summed E-state index contributed by atoms with van der Waals surface area (Å²) in [6, 6.07) is 4.78. The zero-order chi connectivity index (χ0) is 17.7. The molecule has 130 valence electrons. The maximum atomic E-state index is 12.0. The van der Waals surface area contributed by atoms with E-state index in [1.54, 1.807) is 18.0 Å². The van der Waals surface area contributed by atoms with Gasteiger partial charge in [0.15, 0.2) is 0 Å². The minimum absolute atomic E-state index is 0.0262. The van der Waals surface area contributed by atoms with Crippen LogP contribution in [0.3, 0.4) is 0 Å². The van der Waals surface area contributed by atoms with E-state index in [4.69, 9.17) is 0 Å². The number of nitrogens with zero attached hydrogens (tertiary/aromatic N) is 1. The Hall–Kier alpha value is -2.41. The molecule has 1 aliphatic heterocycles. The van der Waals surface area contributed by atoms with E-state index in [1.807, 2.05) is 26.0 Å². The van der Waals surface area contributed by atoms with Crippen LogP contribution < -0.4 is 16.0 Å². The van der Waals surface area contributed by atoms with Crippen molar-refractivity contribution in [2.45, 2.75) is 32.7 Å². The first-order valence-electron chi connectivity index (χ1n) is 8.04. The molecule has 0 aliphatic carbocycles. The number of urea groups is 1.